The molecule has 1 rings (SSSR count). The number of hydrogen-bond acceptors (Lipinski definition) is 2. The van der Waals surface area contributed by atoms with Crippen LogP contribution in [0, 0.1) is 6.92 Å². The van der Waals surface area contributed by atoms with Gasteiger partial charge in [-0.05, 0) is 13.0 Å². The van der Waals surface area contributed by atoms with Gasteiger partial charge in [-0.1, -0.05) is 0 Å². The summed E-state index contributed by atoms with van der Waals surface area (Å²) in [7, 11) is -8.23. The molecule has 0 unspecified atom stereocenters. The summed E-state index contributed by atoms with van der Waals surface area (Å²) >= 11 is 0. The second kappa shape index (κ2) is 3.82. The van der Waals surface area contributed by atoms with E-state index in [4.69, 9.17) is 0 Å². The van der Waals surface area contributed by atoms with E-state index in [1.54, 1.807) is 0 Å². The molecule has 0 N–H and O–H groups in total. The molecule has 0 spiro atoms. The highest BCUT2D eigenvalue weighted by molar-refractivity contribution is 8.25. The van der Waals surface area contributed by atoms with E-state index in [9.17, 15) is 15.5 Å². The first-order valence-electron chi connectivity index (χ1n) is 3.81. The van der Waals surface area contributed by atoms with E-state index >= 15 is 0 Å². The van der Waals surface area contributed by atoms with Crippen LogP contribution in [-0.4, -0.2) is 22.5 Å². The van der Waals surface area contributed by atoms with E-state index < -0.39 is 31.8 Å². The molecule has 0 amide bonds. The van der Waals surface area contributed by atoms with Crippen molar-refractivity contribution in [1.29, 1.82) is 0 Å². The lowest BCUT2D eigenvalue weighted by Crippen LogP contribution is -2.00. The molecule has 0 radical (unpaired) electrons. The van der Waals surface area contributed by atoms with Crippen LogP contribution in [0.3, 0.4) is 0 Å². The molecule has 2 nitrogen and oxygen atoms in total. The number of aryl methyl sites for hydroxylation is 1. The number of aromatic nitrogens is 2. The Morgan fingerprint density at radius 2 is 1.53 bits per heavy atom. The second-order valence-corrected chi connectivity index (χ2v) is 6.77. The van der Waals surface area contributed by atoms with Gasteiger partial charge >= 0.3 is 0 Å². The molecule has 15 heavy (non-hydrogen) atoms. The average molecular weight is 262 g/mol. The van der Waals surface area contributed by atoms with Gasteiger partial charge in [-0.2, -0.15) is 15.5 Å². The third kappa shape index (κ3) is 3.23. The van der Waals surface area contributed by atoms with Gasteiger partial charge in [0.05, 0.1) is 10.8 Å². The first-order chi connectivity index (χ1) is 6.60. The molecular formula is C7H10F4N2S2. The minimum absolute atomic E-state index is 0.137. The summed E-state index contributed by atoms with van der Waals surface area (Å²) in [6.07, 6.45) is 1.36. The van der Waals surface area contributed by atoms with Crippen LogP contribution >= 0.6 is 21.6 Å². The summed E-state index contributed by atoms with van der Waals surface area (Å²) in [5.74, 6) is 0. The van der Waals surface area contributed by atoms with Crippen molar-refractivity contribution in [1.82, 2.24) is 9.97 Å². The van der Waals surface area contributed by atoms with Crippen LogP contribution in [0.2, 0.25) is 0 Å². The molecule has 0 bridgehead atoms. The maximum Gasteiger partial charge on any atom is 0.227 e. The number of hydrogen-bond donors (Lipinski definition) is 0. The normalized spacial score (nSPS) is 15.1. The molecule has 0 saturated heterocycles. The van der Waals surface area contributed by atoms with Crippen molar-refractivity contribution >= 4 is 21.6 Å². The molecule has 1 aromatic heterocycles. The van der Waals surface area contributed by atoms with Gasteiger partial charge in [0.15, 0.2) is 0 Å². The van der Waals surface area contributed by atoms with Gasteiger partial charge in [0.25, 0.3) is 0 Å². The molecule has 0 atom stereocenters. The average Bonchev–Trinajstić information content (AvgIpc) is 1.99. The van der Waals surface area contributed by atoms with Crippen molar-refractivity contribution in [2.75, 3.05) is 12.5 Å². The van der Waals surface area contributed by atoms with Crippen LogP contribution in [0.5, 0.6) is 0 Å². The Hall–Kier alpha value is -0.500. The number of halogens is 4. The zero-order valence-corrected chi connectivity index (χ0v) is 9.93. The predicted octanol–water partition coefficient (Wildman–Crippen LogP) is 3.91. The molecule has 0 fully saturated rings. The van der Waals surface area contributed by atoms with E-state index in [2.05, 4.69) is 9.97 Å². The van der Waals surface area contributed by atoms with Crippen molar-refractivity contribution < 1.29 is 15.5 Å². The van der Waals surface area contributed by atoms with Crippen LogP contribution in [0.15, 0.2) is 16.2 Å². The van der Waals surface area contributed by atoms with Gasteiger partial charge in [-0.15, -0.1) is 0 Å². The monoisotopic (exact) mass is 262 g/mol. The lowest BCUT2D eigenvalue weighted by molar-refractivity contribution is 0.688. The fraction of sp³-hybridized carbons (Fsp3) is 0.429. The summed E-state index contributed by atoms with van der Waals surface area (Å²) in [5, 5.41) is -1.36. The van der Waals surface area contributed by atoms with Crippen LogP contribution in [-0.2, 0) is 0 Å². The maximum atomic E-state index is 13.0. The number of rotatable bonds is 2. The van der Waals surface area contributed by atoms with E-state index in [-0.39, 0.29) is 5.69 Å². The lowest BCUT2D eigenvalue weighted by Gasteiger charge is -2.18. The molecule has 1 heterocycles. The highest BCUT2D eigenvalue weighted by Crippen LogP contribution is 2.58. The van der Waals surface area contributed by atoms with Gasteiger partial charge < -0.3 is 0 Å². The Labute approximate surface area is 88.9 Å². The first-order valence-corrected chi connectivity index (χ1v) is 7.50. The third-order valence-corrected chi connectivity index (χ3v) is 3.27. The largest absolute Gasteiger partial charge is 0.227 e. The molecule has 0 aromatic carbocycles. The summed E-state index contributed by atoms with van der Waals surface area (Å²) in [4.78, 5) is 6.71. The topological polar surface area (TPSA) is 25.8 Å². The summed E-state index contributed by atoms with van der Waals surface area (Å²) in [6, 6.07) is 1.05. The summed E-state index contributed by atoms with van der Waals surface area (Å²) in [6.45, 7) is 1.39. The molecule has 88 valence electrons. The SMILES string of the molecule is Cc1cc(S(C)(F)F)nc(S(C)(F)F)n1. The van der Waals surface area contributed by atoms with Gasteiger partial charge in [-0.3, -0.25) is 0 Å². The molecule has 0 aliphatic rings. The van der Waals surface area contributed by atoms with E-state index in [0.717, 1.165) is 6.07 Å². The predicted molar refractivity (Wildman–Crippen MR) is 54.8 cm³/mol. The molecular weight excluding hydrogens is 252 g/mol. The van der Waals surface area contributed by atoms with Crippen LogP contribution in [0.25, 0.3) is 0 Å². The van der Waals surface area contributed by atoms with Gasteiger partial charge in [0.2, 0.25) is 5.16 Å². The van der Waals surface area contributed by atoms with Crippen LogP contribution in [0.1, 0.15) is 5.69 Å². The van der Waals surface area contributed by atoms with Crippen molar-refractivity contribution in [3.63, 3.8) is 0 Å². The second-order valence-electron chi connectivity index (χ2n) is 3.08. The fourth-order valence-electron chi connectivity index (χ4n) is 0.857. The Morgan fingerprint density at radius 3 is 1.93 bits per heavy atom. The highest BCUT2D eigenvalue weighted by atomic mass is 32.3. The van der Waals surface area contributed by atoms with E-state index in [1.165, 1.54) is 6.92 Å². The van der Waals surface area contributed by atoms with Gasteiger partial charge in [0, 0.05) is 18.2 Å². The van der Waals surface area contributed by atoms with Crippen LogP contribution in [0.4, 0.5) is 15.5 Å². The van der Waals surface area contributed by atoms with Crippen molar-refractivity contribution in [2.45, 2.75) is 17.1 Å². The fourth-order valence-corrected chi connectivity index (χ4v) is 2.10. The minimum Gasteiger partial charge on any atom is -0.225 e. The zero-order chi connectivity index (χ0) is 11.9. The first kappa shape index (κ1) is 12.6. The highest BCUT2D eigenvalue weighted by Gasteiger charge is 2.27. The molecule has 0 saturated carbocycles. The Morgan fingerprint density at radius 1 is 1.00 bits per heavy atom. The van der Waals surface area contributed by atoms with Crippen molar-refractivity contribution in [3.05, 3.63) is 11.8 Å². The quantitative estimate of drug-likeness (QED) is 0.459. The van der Waals surface area contributed by atoms with Gasteiger partial charge in [0.1, 0.15) is 15.8 Å². The summed E-state index contributed by atoms with van der Waals surface area (Å²) in [5.41, 5.74) is 0.137. The smallest absolute Gasteiger partial charge is 0.225 e. The molecule has 1 aromatic rings. The van der Waals surface area contributed by atoms with Crippen LogP contribution < -0.4 is 0 Å². The van der Waals surface area contributed by atoms with Gasteiger partial charge in [-0.25, -0.2) is 9.97 Å². The zero-order valence-electron chi connectivity index (χ0n) is 8.30. The molecule has 0 aliphatic carbocycles. The third-order valence-electron chi connectivity index (χ3n) is 1.50. The molecule has 0 aliphatic heterocycles. The van der Waals surface area contributed by atoms with E-state index in [0.29, 0.717) is 12.5 Å². The maximum absolute atomic E-state index is 13.0. The lowest BCUT2D eigenvalue weighted by atomic mass is 10.5. The van der Waals surface area contributed by atoms with E-state index in [1.807, 2.05) is 0 Å². The Balaban J connectivity index is 3.30. The Kier molecular flexibility index (Phi) is 3.20. The standard InChI is InChI=1S/C7H10F4N2S2/c1-5-4-6(14(2,8)9)13-7(12-5)15(3,10)11/h4H,1-3H3. The number of nitrogens with zero attached hydrogens (tertiary/aromatic N) is 2. The van der Waals surface area contributed by atoms with Crippen molar-refractivity contribution in [2.24, 2.45) is 0 Å². The Bertz CT molecular complexity index is 340. The summed E-state index contributed by atoms with van der Waals surface area (Å²) < 4.78 is 51.8. The minimum atomic E-state index is -4.15. The molecule has 8 heteroatoms. The van der Waals surface area contributed by atoms with Crippen molar-refractivity contribution in [3.8, 4) is 0 Å².